The molecule has 5 heteroatoms. The predicted molar refractivity (Wildman–Crippen MR) is 86.1 cm³/mol. The van der Waals surface area contributed by atoms with Crippen LogP contribution < -0.4 is 10.2 Å². The van der Waals surface area contributed by atoms with Crippen molar-refractivity contribution < 1.29 is 4.79 Å². The van der Waals surface area contributed by atoms with Gasteiger partial charge in [0.2, 0.25) is 5.91 Å². The summed E-state index contributed by atoms with van der Waals surface area (Å²) >= 11 is 1.79. The number of hydrogen-bond donors (Lipinski definition) is 1. The Hall–Kier alpha value is -1.20. The molecule has 0 radical (unpaired) electrons. The number of benzene rings is 1. The minimum atomic E-state index is -0.0130. The highest BCUT2D eigenvalue weighted by Gasteiger charge is 2.26. The number of carbonyl (C=O) groups is 1. The van der Waals surface area contributed by atoms with Gasteiger partial charge in [0.1, 0.15) is 0 Å². The van der Waals surface area contributed by atoms with Gasteiger partial charge in [-0.25, -0.2) is 0 Å². The third-order valence-electron chi connectivity index (χ3n) is 3.53. The van der Waals surface area contributed by atoms with Crippen molar-refractivity contribution in [1.29, 1.82) is 0 Å². The molecule has 1 aliphatic rings. The Morgan fingerprint density at radius 3 is 2.55 bits per heavy atom. The highest BCUT2D eigenvalue weighted by molar-refractivity contribution is 7.99. The van der Waals surface area contributed by atoms with Gasteiger partial charge in [0, 0.05) is 44.5 Å². The van der Waals surface area contributed by atoms with Crippen LogP contribution >= 0.6 is 11.8 Å². The second kappa shape index (κ2) is 6.99. The van der Waals surface area contributed by atoms with E-state index in [1.54, 1.807) is 11.8 Å². The van der Waals surface area contributed by atoms with E-state index in [-0.39, 0.29) is 11.9 Å². The minimum absolute atomic E-state index is 0.0130. The topological polar surface area (TPSA) is 35.6 Å². The van der Waals surface area contributed by atoms with Crippen molar-refractivity contribution in [3.63, 3.8) is 0 Å². The predicted octanol–water partition coefficient (Wildman–Crippen LogP) is 1.76. The molecule has 4 nitrogen and oxygen atoms in total. The van der Waals surface area contributed by atoms with Crippen molar-refractivity contribution in [1.82, 2.24) is 10.2 Å². The second-order valence-electron chi connectivity index (χ2n) is 5.19. The summed E-state index contributed by atoms with van der Waals surface area (Å²) in [6.07, 6.45) is 0. The zero-order chi connectivity index (χ0) is 14.5. The summed E-state index contributed by atoms with van der Waals surface area (Å²) in [5.41, 5.74) is 2.36. The molecule has 110 valence electrons. The number of thioether (sulfide) groups is 1. The lowest BCUT2D eigenvalue weighted by atomic mass is 10.1. The third kappa shape index (κ3) is 3.67. The molecule has 0 bridgehead atoms. The SMILES string of the molecule is CCN(Cc1ccc(N(C)C)cc1)C(=O)C1CSCN1. The van der Waals surface area contributed by atoms with Crippen LogP contribution in [-0.2, 0) is 11.3 Å². The number of likely N-dealkylation sites (N-methyl/N-ethyl adjacent to an activating group) is 1. The Morgan fingerprint density at radius 2 is 2.05 bits per heavy atom. The van der Waals surface area contributed by atoms with Gasteiger partial charge in [0.15, 0.2) is 0 Å². The van der Waals surface area contributed by atoms with E-state index in [1.165, 1.54) is 11.3 Å². The number of nitrogens with one attached hydrogen (secondary N) is 1. The summed E-state index contributed by atoms with van der Waals surface area (Å²) < 4.78 is 0. The Balaban J connectivity index is 2.00. The van der Waals surface area contributed by atoms with Gasteiger partial charge in [-0.15, -0.1) is 11.8 Å². The van der Waals surface area contributed by atoms with Gasteiger partial charge in [-0.05, 0) is 24.6 Å². The molecule has 1 amide bonds. The number of rotatable bonds is 5. The lowest BCUT2D eigenvalue weighted by molar-refractivity contribution is -0.133. The summed E-state index contributed by atoms with van der Waals surface area (Å²) in [6.45, 7) is 3.47. The molecular weight excluding hydrogens is 270 g/mol. The first-order valence-electron chi connectivity index (χ1n) is 6.98. The first-order chi connectivity index (χ1) is 9.61. The van der Waals surface area contributed by atoms with Gasteiger partial charge in [-0.2, -0.15) is 0 Å². The molecule has 1 aliphatic heterocycles. The van der Waals surface area contributed by atoms with E-state index in [4.69, 9.17) is 0 Å². The van der Waals surface area contributed by atoms with Gasteiger partial charge in [-0.3, -0.25) is 10.1 Å². The fourth-order valence-electron chi connectivity index (χ4n) is 2.24. The van der Waals surface area contributed by atoms with Gasteiger partial charge in [-0.1, -0.05) is 12.1 Å². The van der Waals surface area contributed by atoms with Crippen molar-refractivity contribution >= 4 is 23.4 Å². The molecular formula is C15H23N3OS. The molecule has 0 spiro atoms. The molecule has 1 atom stereocenters. The van der Waals surface area contributed by atoms with E-state index in [9.17, 15) is 4.79 Å². The van der Waals surface area contributed by atoms with E-state index in [0.29, 0.717) is 6.54 Å². The van der Waals surface area contributed by atoms with Crippen LogP contribution in [0.25, 0.3) is 0 Å². The first kappa shape index (κ1) is 15.2. The largest absolute Gasteiger partial charge is 0.378 e. The Labute approximate surface area is 125 Å². The number of carbonyl (C=O) groups excluding carboxylic acids is 1. The Kier molecular flexibility index (Phi) is 5.31. The number of hydrogen-bond acceptors (Lipinski definition) is 4. The first-order valence-corrected chi connectivity index (χ1v) is 8.13. The van der Waals surface area contributed by atoms with Crippen molar-refractivity contribution in [2.24, 2.45) is 0 Å². The maximum Gasteiger partial charge on any atom is 0.240 e. The number of anilines is 1. The summed E-state index contributed by atoms with van der Waals surface area (Å²) in [5.74, 6) is 1.98. The van der Waals surface area contributed by atoms with Gasteiger partial charge < -0.3 is 9.80 Å². The monoisotopic (exact) mass is 293 g/mol. The van der Waals surface area contributed by atoms with Crippen LogP contribution in [0.3, 0.4) is 0 Å². The normalized spacial score (nSPS) is 18.1. The zero-order valence-corrected chi connectivity index (χ0v) is 13.2. The second-order valence-corrected chi connectivity index (χ2v) is 6.22. The number of amides is 1. The van der Waals surface area contributed by atoms with Gasteiger partial charge in [0.05, 0.1) is 6.04 Å². The van der Waals surface area contributed by atoms with Crippen LogP contribution in [0.5, 0.6) is 0 Å². The molecule has 1 N–H and O–H groups in total. The van der Waals surface area contributed by atoms with Crippen LogP contribution in [0.1, 0.15) is 12.5 Å². The molecule has 1 fully saturated rings. The van der Waals surface area contributed by atoms with Gasteiger partial charge >= 0.3 is 0 Å². The fourth-order valence-corrected chi connectivity index (χ4v) is 3.17. The van der Waals surface area contributed by atoms with E-state index < -0.39 is 0 Å². The van der Waals surface area contributed by atoms with Gasteiger partial charge in [0.25, 0.3) is 0 Å². The molecule has 0 saturated carbocycles. The maximum absolute atomic E-state index is 12.4. The van der Waals surface area contributed by atoms with E-state index in [2.05, 4.69) is 34.5 Å². The highest BCUT2D eigenvalue weighted by atomic mass is 32.2. The van der Waals surface area contributed by atoms with E-state index in [0.717, 1.165) is 18.2 Å². The van der Waals surface area contributed by atoms with Crippen LogP contribution in [0.4, 0.5) is 5.69 Å². The fraction of sp³-hybridized carbons (Fsp3) is 0.533. The quantitative estimate of drug-likeness (QED) is 0.897. The molecule has 2 rings (SSSR count). The van der Waals surface area contributed by atoms with Crippen LogP contribution in [0.2, 0.25) is 0 Å². The lowest BCUT2D eigenvalue weighted by Gasteiger charge is -2.24. The smallest absolute Gasteiger partial charge is 0.240 e. The Bertz CT molecular complexity index is 441. The standard InChI is InChI=1S/C15H23N3OS/c1-4-18(15(19)14-10-20-11-16-14)9-12-5-7-13(8-6-12)17(2)3/h5-8,14,16H,4,9-11H2,1-3H3. The van der Waals surface area contributed by atoms with Crippen molar-refractivity contribution in [2.45, 2.75) is 19.5 Å². The molecule has 0 aromatic heterocycles. The molecule has 20 heavy (non-hydrogen) atoms. The van der Waals surface area contributed by atoms with Crippen molar-refractivity contribution in [3.05, 3.63) is 29.8 Å². The molecule has 1 saturated heterocycles. The maximum atomic E-state index is 12.4. The highest BCUT2D eigenvalue weighted by Crippen LogP contribution is 2.16. The van der Waals surface area contributed by atoms with E-state index >= 15 is 0 Å². The third-order valence-corrected chi connectivity index (χ3v) is 4.47. The average Bonchev–Trinajstić information content (AvgIpc) is 2.98. The molecule has 1 aromatic carbocycles. The number of nitrogens with zero attached hydrogens (tertiary/aromatic N) is 2. The van der Waals surface area contributed by atoms with Crippen LogP contribution in [0.15, 0.2) is 24.3 Å². The van der Waals surface area contributed by atoms with Crippen LogP contribution in [0, 0.1) is 0 Å². The zero-order valence-electron chi connectivity index (χ0n) is 12.4. The van der Waals surface area contributed by atoms with E-state index in [1.807, 2.05) is 25.9 Å². The van der Waals surface area contributed by atoms with Crippen LogP contribution in [-0.4, -0.2) is 49.1 Å². The lowest BCUT2D eigenvalue weighted by Crippen LogP contribution is -2.44. The summed E-state index contributed by atoms with van der Waals surface area (Å²) in [6, 6.07) is 8.37. The summed E-state index contributed by atoms with van der Waals surface area (Å²) in [4.78, 5) is 16.4. The Morgan fingerprint density at radius 1 is 1.35 bits per heavy atom. The summed E-state index contributed by atoms with van der Waals surface area (Å²) in [5, 5.41) is 3.25. The van der Waals surface area contributed by atoms with Crippen molar-refractivity contribution in [3.8, 4) is 0 Å². The van der Waals surface area contributed by atoms with Crippen molar-refractivity contribution in [2.75, 3.05) is 37.2 Å². The summed E-state index contributed by atoms with van der Waals surface area (Å²) in [7, 11) is 4.06. The molecule has 1 unspecified atom stereocenters. The molecule has 1 aromatic rings. The molecule has 0 aliphatic carbocycles. The minimum Gasteiger partial charge on any atom is -0.378 e. The average molecular weight is 293 g/mol. The molecule has 1 heterocycles.